The average molecular weight is 546 g/mol. The zero-order chi connectivity index (χ0) is 29.3. The van der Waals surface area contributed by atoms with Gasteiger partial charge in [0.15, 0.2) is 0 Å². The molecule has 0 aliphatic carbocycles. The SMILES string of the molecule is CC(C)CC(NC(=O)C(NC(=O)C(Cc1c[nH]c2ccccc12)NC(=O)C(N)CCC(=O)O)C(C)C)C(=O)O. The summed E-state index contributed by atoms with van der Waals surface area (Å²) in [5.74, 6) is -4.68. The molecule has 0 radical (unpaired) electrons. The Labute approximate surface area is 227 Å². The minimum absolute atomic E-state index is 0.0135. The van der Waals surface area contributed by atoms with Gasteiger partial charge in [-0.15, -0.1) is 0 Å². The molecule has 0 aliphatic rings. The Balaban J connectivity index is 2.27. The number of fused-ring (bicyclic) bond motifs is 1. The highest BCUT2D eigenvalue weighted by molar-refractivity contribution is 5.95. The van der Waals surface area contributed by atoms with Crippen molar-refractivity contribution in [2.45, 2.75) is 77.5 Å². The lowest BCUT2D eigenvalue weighted by atomic mass is 9.99. The molecule has 0 spiro atoms. The highest BCUT2D eigenvalue weighted by Gasteiger charge is 2.32. The van der Waals surface area contributed by atoms with Crippen LogP contribution in [-0.4, -0.2) is 69.0 Å². The van der Waals surface area contributed by atoms with E-state index in [4.69, 9.17) is 10.8 Å². The van der Waals surface area contributed by atoms with Crippen molar-refractivity contribution in [3.8, 4) is 0 Å². The molecule has 1 heterocycles. The van der Waals surface area contributed by atoms with Crippen molar-refractivity contribution in [3.63, 3.8) is 0 Å². The molecule has 2 rings (SSSR count). The molecule has 0 fully saturated rings. The van der Waals surface area contributed by atoms with Crippen LogP contribution in [-0.2, 0) is 30.4 Å². The lowest BCUT2D eigenvalue weighted by molar-refractivity contribution is -0.143. The number of nitrogens with one attached hydrogen (secondary N) is 4. The van der Waals surface area contributed by atoms with Crippen LogP contribution in [0.4, 0.5) is 0 Å². The van der Waals surface area contributed by atoms with Crippen molar-refractivity contribution in [3.05, 3.63) is 36.0 Å². The molecule has 2 aromatic rings. The summed E-state index contributed by atoms with van der Waals surface area (Å²) < 4.78 is 0. The van der Waals surface area contributed by atoms with Crippen molar-refractivity contribution < 1.29 is 34.2 Å². The van der Waals surface area contributed by atoms with E-state index < -0.39 is 59.7 Å². The van der Waals surface area contributed by atoms with E-state index in [0.717, 1.165) is 16.5 Å². The lowest BCUT2D eigenvalue weighted by Crippen LogP contribution is -2.59. The van der Waals surface area contributed by atoms with Crippen LogP contribution in [0.15, 0.2) is 30.5 Å². The van der Waals surface area contributed by atoms with Crippen LogP contribution < -0.4 is 21.7 Å². The van der Waals surface area contributed by atoms with E-state index in [0.29, 0.717) is 0 Å². The monoisotopic (exact) mass is 545 g/mol. The number of hydrogen-bond donors (Lipinski definition) is 7. The van der Waals surface area contributed by atoms with Crippen LogP contribution in [0.1, 0.15) is 52.5 Å². The molecule has 3 amide bonds. The second kappa shape index (κ2) is 14.3. The van der Waals surface area contributed by atoms with Gasteiger partial charge < -0.3 is 36.9 Å². The number of H-pyrrole nitrogens is 1. The van der Waals surface area contributed by atoms with E-state index in [-0.39, 0.29) is 31.6 Å². The maximum atomic E-state index is 13.5. The van der Waals surface area contributed by atoms with Gasteiger partial charge >= 0.3 is 11.9 Å². The van der Waals surface area contributed by atoms with Gasteiger partial charge in [0.05, 0.1) is 6.04 Å². The summed E-state index contributed by atoms with van der Waals surface area (Å²) in [4.78, 5) is 65.0. The summed E-state index contributed by atoms with van der Waals surface area (Å²) >= 11 is 0. The maximum Gasteiger partial charge on any atom is 0.326 e. The van der Waals surface area contributed by atoms with Gasteiger partial charge in [-0.1, -0.05) is 45.9 Å². The first-order valence-electron chi connectivity index (χ1n) is 13.0. The fraction of sp³-hybridized carbons (Fsp3) is 0.519. The number of benzene rings is 1. The molecule has 8 N–H and O–H groups in total. The fourth-order valence-corrected chi connectivity index (χ4v) is 4.16. The number of carboxylic acid groups (broad SMARTS) is 2. The minimum Gasteiger partial charge on any atom is -0.481 e. The molecule has 0 aliphatic heterocycles. The van der Waals surface area contributed by atoms with E-state index in [1.807, 2.05) is 38.1 Å². The van der Waals surface area contributed by atoms with Crippen molar-refractivity contribution in [1.29, 1.82) is 0 Å². The number of amides is 3. The zero-order valence-corrected chi connectivity index (χ0v) is 22.7. The molecule has 214 valence electrons. The Kier molecular flexibility index (Phi) is 11.5. The lowest BCUT2D eigenvalue weighted by Gasteiger charge is -2.27. The smallest absolute Gasteiger partial charge is 0.326 e. The first-order valence-corrected chi connectivity index (χ1v) is 13.0. The van der Waals surface area contributed by atoms with Crippen LogP contribution in [0.2, 0.25) is 0 Å². The van der Waals surface area contributed by atoms with Crippen LogP contribution in [0.5, 0.6) is 0 Å². The number of aliphatic carboxylic acids is 2. The van der Waals surface area contributed by atoms with Gasteiger partial charge in [-0.05, 0) is 36.3 Å². The maximum absolute atomic E-state index is 13.5. The Morgan fingerprint density at radius 2 is 1.54 bits per heavy atom. The van der Waals surface area contributed by atoms with Crippen molar-refractivity contribution in [2.75, 3.05) is 0 Å². The second-order valence-electron chi connectivity index (χ2n) is 10.4. The number of carboxylic acids is 2. The summed E-state index contributed by atoms with van der Waals surface area (Å²) in [5.41, 5.74) is 7.43. The fourth-order valence-electron chi connectivity index (χ4n) is 4.16. The molecule has 0 saturated carbocycles. The summed E-state index contributed by atoms with van der Waals surface area (Å²) in [6.45, 7) is 7.08. The van der Waals surface area contributed by atoms with E-state index in [1.54, 1.807) is 20.0 Å². The first-order chi connectivity index (χ1) is 18.3. The highest BCUT2D eigenvalue weighted by atomic mass is 16.4. The van der Waals surface area contributed by atoms with Crippen LogP contribution in [0, 0.1) is 11.8 Å². The Bertz CT molecular complexity index is 1180. The van der Waals surface area contributed by atoms with Gasteiger partial charge in [0.25, 0.3) is 0 Å². The number of rotatable bonds is 15. The van der Waals surface area contributed by atoms with Gasteiger partial charge in [0.1, 0.15) is 18.1 Å². The highest BCUT2D eigenvalue weighted by Crippen LogP contribution is 2.19. The molecule has 4 unspecified atom stereocenters. The zero-order valence-electron chi connectivity index (χ0n) is 22.7. The third kappa shape index (κ3) is 9.40. The number of nitrogens with two attached hydrogens (primary N) is 1. The van der Waals surface area contributed by atoms with Crippen LogP contribution in [0.3, 0.4) is 0 Å². The molecule has 12 heteroatoms. The molecule has 1 aromatic carbocycles. The van der Waals surface area contributed by atoms with E-state index >= 15 is 0 Å². The van der Waals surface area contributed by atoms with Gasteiger partial charge in [-0.2, -0.15) is 0 Å². The standard InChI is InChI=1S/C27H39N5O7/c1-14(2)11-21(27(38)39)31-26(37)23(15(3)4)32-25(36)20(30-24(35)18(28)9-10-22(33)34)12-16-13-29-19-8-6-5-7-17(16)19/h5-8,13-15,18,20-21,23,29H,9-12,28H2,1-4H3,(H,30,35)(H,31,37)(H,32,36)(H,33,34)(H,38,39). The number of carbonyl (C=O) groups is 5. The van der Waals surface area contributed by atoms with E-state index in [1.165, 1.54) is 0 Å². The van der Waals surface area contributed by atoms with Crippen molar-refractivity contribution in [1.82, 2.24) is 20.9 Å². The Hall–Kier alpha value is -3.93. The van der Waals surface area contributed by atoms with Crippen LogP contribution in [0.25, 0.3) is 10.9 Å². The summed E-state index contributed by atoms with van der Waals surface area (Å²) in [5, 5.41) is 27.0. The summed E-state index contributed by atoms with van der Waals surface area (Å²) in [7, 11) is 0. The number of para-hydroxylation sites is 1. The Morgan fingerprint density at radius 1 is 0.897 bits per heavy atom. The quantitative estimate of drug-likeness (QED) is 0.172. The van der Waals surface area contributed by atoms with Crippen LogP contribution >= 0.6 is 0 Å². The van der Waals surface area contributed by atoms with Crippen molar-refractivity contribution in [2.24, 2.45) is 17.6 Å². The molecular formula is C27H39N5O7. The first kappa shape index (κ1) is 31.3. The largest absolute Gasteiger partial charge is 0.481 e. The number of carbonyl (C=O) groups excluding carboxylic acids is 3. The molecule has 0 saturated heterocycles. The predicted molar refractivity (Wildman–Crippen MR) is 145 cm³/mol. The number of aromatic nitrogens is 1. The third-order valence-corrected chi connectivity index (χ3v) is 6.31. The molecule has 39 heavy (non-hydrogen) atoms. The number of aromatic amines is 1. The summed E-state index contributed by atoms with van der Waals surface area (Å²) in [6, 6.07) is 2.92. The van der Waals surface area contributed by atoms with Gasteiger partial charge in [-0.25, -0.2) is 4.79 Å². The Morgan fingerprint density at radius 3 is 2.13 bits per heavy atom. The topological polar surface area (TPSA) is 204 Å². The summed E-state index contributed by atoms with van der Waals surface area (Å²) in [6.07, 6.45) is 1.56. The molecule has 12 nitrogen and oxygen atoms in total. The molecule has 0 bridgehead atoms. The second-order valence-corrected chi connectivity index (χ2v) is 10.4. The number of hydrogen-bond acceptors (Lipinski definition) is 6. The molecular weight excluding hydrogens is 506 g/mol. The average Bonchev–Trinajstić information content (AvgIpc) is 3.26. The molecule has 4 atom stereocenters. The molecule has 1 aromatic heterocycles. The van der Waals surface area contributed by atoms with Gasteiger partial charge in [0, 0.05) is 29.9 Å². The normalized spacial score (nSPS) is 14.4. The van der Waals surface area contributed by atoms with E-state index in [2.05, 4.69) is 20.9 Å². The predicted octanol–water partition coefficient (Wildman–Crippen LogP) is 1.14. The van der Waals surface area contributed by atoms with Gasteiger partial charge in [-0.3, -0.25) is 19.2 Å². The van der Waals surface area contributed by atoms with Crippen molar-refractivity contribution >= 4 is 40.6 Å². The van der Waals surface area contributed by atoms with Gasteiger partial charge in [0.2, 0.25) is 17.7 Å². The minimum atomic E-state index is -1.18. The van der Waals surface area contributed by atoms with E-state index in [9.17, 15) is 29.1 Å². The third-order valence-electron chi connectivity index (χ3n) is 6.31.